The van der Waals surface area contributed by atoms with Crippen LogP contribution in [0.1, 0.15) is 24.0 Å². The predicted molar refractivity (Wildman–Crippen MR) is 118 cm³/mol. The molecule has 1 aliphatic heterocycles. The molecule has 1 fully saturated rings. The summed E-state index contributed by atoms with van der Waals surface area (Å²) < 4.78 is 41.3. The van der Waals surface area contributed by atoms with E-state index in [1.807, 2.05) is 42.5 Å². The Morgan fingerprint density at radius 1 is 1.00 bits per heavy atom. The van der Waals surface area contributed by atoms with Gasteiger partial charge >= 0.3 is 0 Å². The number of hydrogen-bond donors (Lipinski definition) is 0. The number of aromatic nitrogens is 1. The summed E-state index contributed by atoms with van der Waals surface area (Å²) in [4.78, 5) is 4.60. The van der Waals surface area contributed by atoms with Crippen LogP contribution in [-0.2, 0) is 32.6 Å². The molecule has 6 nitrogen and oxygen atoms in total. The second-order valence-electron chi connectivity index (χ2n) is 8.30. The van der Waals surface area contributed by atoms with E-state index in [9.17, 15) is 8.42 Å². The summed E-state index contributed by atoms with van der Waals surface area (Å²) in [6.45, 7) is 2.03. The number of benzene rings is 2. The van der Waals surface area contributed by atoms with Gasteiger partial charge in [-0.15, -0.1) is 0 Å². The summed E-state index contributed by atoms with van der Waals surface area (Å²) in [5, 5.41) is 0.800. The maximum Gasteiger partial charge on any atom is 0.245 e. The van der Waals surface area contributed by atoms with Crippen LogP contribution in [0, 0.1) is 5.92 Å². The van der Waals surface area contributed by atoms with E-state index in [1.165, 1.54) is 12.8 Å². The van der Waals surface area contributed by atoms with Crippen molar-refractivity contribution in [1.82, 2.24) is 9.29 Å². The molecule has 3 aromatic rings. The van der Waals surface area contributed by atoms with Crippen molar-refractivity contribution in [3.63, 3.8) is 0 Å². The monoisotopic (exact) mass is 438 g/mol. The van der Waals surface area contributed by atoms with Gasteiger partial charge in [0.15, 0.2) is 0 Å². The van der Waals surface area contributed by atoms with Gasteiger partial charge in [0.25, 0.3) is 0 Å². The zero-order valence-corrected chi connectivity index (χ0v) is 18.1. The Labute approximate surface area is 182 Å². The molecule has 31 heavy (non-hydrogen) atoms. The highest BCUT2D eigenvalue weighted by molar-refractivity contribution is 7.89. The van der Waals surface area contributed by atoms with Crippen molar-refractivity contribution in [3.8, 4) is 0 Å². The number of nitrogens with zero attached hydrogens (tertiary/aromatic N) is 2. The van der Waals surface area contributed by atoms with E-state index in [0.717, 1.165) is 16.5 Å². The van der Waals surface area contributed by atoms with E-state index in [-0.39, 0.29) is 18.0 Å². The molecular weight excluding hydrogens is 412 g/mol. The number of rotatable bonds is 6. The van der Waals surface area contributed by atoms with Gasteiger partial charge in [0.1, 0.15) is 4.90 Å². The summed E-state index contributed by atoms with van der Waals surface area (Å²) in [5.41, 5.74) is 2.45. The summed E-state index contributed by atoms with van der Waals surface area (Å²) in [6.07, 6.45) is 4.01. The minimum absolute atomic E-state index is 0.218. The van der Waals surface area contributed by atoms with Crippen LogP contribution in [0.5, 0.6) is 0 Å². The van der Waals surface area contributed by atoms with Crippen LogP contribution in [0.25, 0.3) is 10.9 Å². The molecule has 1 unspecified atom stereocenters. The van der Waals surface area contributed by atoms with Gasteiger partial charge in [0, 0.05) is 24.7 Å². The molecule has 2 aromatic carbocycles. The third-order valence-electron chi connectivity index (χ3n) is 5.96. The minimum atomic E-state index is -3.84. The van der Waals surface area contributed by atoms with Crippen molar-refractivity contribution in [1.29, 1.82) is 0 Å². The van der Waals surface area contributed by atoms with Gasteiger partial charge in [-0.1, -0.05) is 42.5 Å². The fraction of sp³-hybridized carbons (Fsp3) is 0.375. The van der Waals surface area contributed by atoms with Gasteiger partial charge < -0.3 is 9.47 Å². The Morgan fingerprint density at radius 3 is 2.65 bits per heavy atom. The number of sulfonamides is 1. The molecule has 0 radical (unpaired) electrons. The molecule has 1 aliphatic carbocycles. The lowest BCUT2D eigenvalue weighted by molar-refractivity contribution is 0.0154. The van der Waals surface area contributed by atoms with Crippen molar-refractivity contribution >= 4 is 20.9 Å². The van der Waals surface area contributed by atoms with E-state index >= 15 is 0 Å². The molecule has 0 N–H and O–H groups in total. The maximum absolute atomic E-state index is 14.0. The van der Waals surface area contributed by atoms with Crippen LogP contribution in [0.2, 0.25) is 0 Å². The van der Waals surface area contributed by atoms with E-state index in [2.05, 4.69) is 4.98 Å². The number of pyridine rings is 1. The lowest BCUT2D eigenvalue weighted by Gasteiger charge is -2.33. The molecule has 0 amide bonds. The maximum atomic E-state index is 14.0. The van der Waals surface area contributed by atoms with Gasteiger partial charge in [0.05, 0.1) is 31.4 Å². The molecule has 2 heterocycles. The predicted octanol–water partition coefficient (Wildman–Crippen LogP) is 3.75. The van der Waals surface area contributed by atoms with E-state index in [1.54, 1.807) is 22.6 Å². The van der Waals surface area contributed by atoms with Crippen LogP contribution in [-0.4, -0.2) is 43.6 Å². The van der Waals surface area contributed by atoms with Crippen LogP contribution in [0.15, 0.2) is 65.7 Å². The summed E-state index contributed by atoms with van der Waals surface area (Å²) in [5.74, 6) is 0.613. The Balaban J connectivity index is 1.54. The first-order valence-electron chi connectivity index (χ1n) is 10.7. The fourth-order valence-corrected chi connectivity index (χ4v) is 5.76. The number of para-hydroxylation sites is 1. The topological polar surface area (TPSA) is 68.7 Å². The second-order valence-corrected chi connectivity index (χ2v) is 10.2. The molecule has 0 spiro atoms. The molecule has 5 rings (SSSR count). The zero-order chi connectivity index (χ0) is 21.3. The van der Waals surface area contributed by atoms with Gasteiger partial charge in [-0.25, -0.2) is 8.42 Å². The summed E-state index contributed by atoms with van der Waals surface area (Å²) in [7, 11) is -3.84. The molecule has 7 heteroatoms. The molecular formula is C24H26N2O4S. The lowest BCUT2D eigenvalue weighted by Crippen LogP contribution is -2.46. The molecule has 1 saturated carbocycles. The highest BCUT2D eigenvalue weighted by Crippen LogP contribution is 2.31. The van der Waals surface area contributed by atoms with Crippen molar-refractivity contribution in [2.24, 2.45) is 5.92 Å². The normalized spacial score (nSPS) is 20.2. The molecule has 2 aliphatic rings. The first kappa shape index (κ1) is 20.6. The Kier molecular flexibility index (Phi) is 5.75. The van der Waals surface area contributed by atoms with Crippen LogP contribution < -0.4 is 0 Å². The third kappa shape index (κ3) is 4.36. The smallest absolute Gasteiger partial charge is 0.245 e. The van der Waals surface area contributed by atoms with E-state index in [4.69, 9.17) is 9.47 Å². The SMILES string of the molecule is O=S(=O)(c1cccc2cccnc12)N1Cc2ccccc2COCC1COCC1CC1. The lowest BCUT2D eigenvalue weighted by atomic mass is 10.1. The highest BCUT2D eigenvalue weighted by atomic mass is 32.2. The summed E-state index contributed by atoms with van der Waals surface area (Å²) >= 11 is 0. The molecule has 1 atom stereocenters. The largest absolute Gasteiger partial charge is 0.379 e. The standard InChI is InChI=1S/C24H26N2O4S/c27-31(28,23-9-3-7-19-8-4-12-25-24(19)23)26-13-20-5-1-2-6-21(20)15-30-17-22(26)16-29-14-18-10-11-18/h1-9,12,18,22H,10-11,13-17H2. The van der Waals surface area contributed by atoms with Crippen molar-refractivity contribution < 1.29 is 17.9 Å². The second kappa shape index (κ2) is 8.67. The van der Waals surface area contributed by atoms with Crippen LogP contribution in [0.4, 0.5) is 0 Å². The minimum Gasteiger partial charge on any atom is -0.379 e. The third-order valence-corrected chi connectivity index (χ3v) is 7.89. The van der Waals surface area contributed by atoms with Crippen molar-refractivity contribution in [2.75, 3.05) is 19.8 Å². The Hall–Kier alpha value is -2.32. The first-order valence-corrected chi connectivity index (χ1v) is 12.1. The fourth-order valence-electron chi connectivity index (χ4n) is 4.02. The van der Waals surface area contributed by atoms with E-state index in [0.29, 0.717) is 31.3 Å². The average Bonchev–Trinajstić information content (AvgIpc) is 3.59. The number of ether oxygens (including phenoxy) is 2. The number of fused-ring (bicyclic) bond motifs is 2. The van der Waals surface area contributed by atoms with E-state index < -0.39 is 16.1 Å². The number of hydrogen-bond acceptors (Lipinski definition) is 5. The van der Waals surface area contributed by atoms with Crippen molar-refractivity contribution in [3.05, 3.63) is 71.9 Å². The Morgan fingerprint density at radius 2 is 1.81 bits per heavy atom. The van der Waals surface area contributed by atoms with Gasteiger partial charge in [-0.2, -0.15) is 4.31 Å². The van der Waals surface area contributed by atoms with Gasteiger partial charge in [0.2, 0.25) is 10.0 Å². The van der Waals surface area contributed by atoms with Crippen molar-refractivity contribution in [2.45, 2.75) is 36.9 Å². The molecule has 0 saturated heterocycles. The van der Waals surface area contributed by atoms with Gasteiger partial charge in [-0.3, -0.25) is 4.98 Å². The summed E-state index contributed by atoms with van der Waals surface area (Å²) in [6, 6.07) is 16.4. The Bertz CT molecular complexity index is 1170. The van der Waals surface area contributed by atoms with Gasteiger partial charge in [-0.05, 0) is 42.0 Å². The van der Waals surface area contributed by atoms with Crippen LogP contribution >= 0.6 is 0 Å². The zero-order valence-electron chi connectivity index (χ0n) is 17.3. The molecule has 0 bridgehead atoms. The molecule has 1 aromatic heterocycles. The first-order chi connectivity index (χ1) is 15.1. The average molecular weight is 439 g/mol. The quantitative estimate of drug-likeness (QED) is 0.586. The highest BCUT2D eigenvalue weighted by Gasteiger charge is 2.35. The molecule has 162 valence electrons. The van der Waals surface area contributed by atoms with Crippen LogP contribution in [0.3, 0.4) is 0 Å².